The second-order valence-electron chi connectivity index (χ2n) is 5.67. The van der Waals surface area contributed by atoms with Crippen molar-refractivity contribution in [3.8, 4) is 0 Å². The second-order valence-corrected chi connectivity index (χ2v) is 10.1. The second kappa shape index (κ2) is 7.55. The zero-order valence-electron chi connectivity index (χ0n) is 12.6. The largest absolute Gasteiger partial charge is 0.315 e. The van der Waals surface area contributed by atoms with Crippen molar-refractivity contribution >= 4 is 37.3 Å². The summed E-state index contributed by atoms with van der Waals surface area (Å²) in [5.74, 6) is 0.507. The molecule has 0 amide bonds. The van der Waals surface area contributed by atoms with Crippen LogP contribution in [0.3, 0.4) is 0 Å². The Labute approximate surface area is 140 Å². The lowest BCUT2D eigenvalue weighted by Crippen LogP contribution is -2.32. The summed E-state index contributed by atoms with van der Waals surface area (Å²) < 4.78 is 27.7. The Hall–Kier alpha value is 0.0500. The number of rotatable bonds is 6. The Balaban J connectivity index is 2.12. The van der Waals surface area contributed by atoms with Crippen molar-refractivity contribution in [3.05, 3.63) is 14.7 Å². The zero-order valence-corrected chi connectivity index (χ0v) is 15.8. The lowest BCUT2D eigenvalue weighted by Gasteiger charge is -2.26. The van der Waals surface area contributed by atoms with Crippen molar-refractivity contribution in [2.75, 3.05) is 20.6 Å². The average molecular weight is 395 g/mol. The molecule has 1 aromatic heterocycles. The smallest absolute Gasteiger partial charge is 0.244 e. The summed E-state index contributed by atoms with van der Waals surface area (Å²) in [4.78, 5) is 1.42. The van der Waals surface area contributed by atoms with Crippen molar-refractivity contribution in [2.45, 2.75) is 43.5 Å². The minimum absolute atomic E-state index is 0.399. The molecule has 1 N–H and O–H groups in total. The number of nitrogens with zero attached hydrogens (tertiary/aromatic N) is 1. The van der Waals surface area contributed by atoms with Crippen LogP contribution in [0.15, 0.2) is 14.7 Å². The lowest BCUT2D eigenvalue weighted by atomic mass is 9.89. The predicted octanol–water partition coefficient (Wildman–Crippen LogP) is 3.43. The zero-order chi connectivity index (χ0) is 15.5. The first-order valence-electron chi connectivity index (χ1n) is 7.34. The Kier molecular flexibility index (Phi) is 6.25. The van der Waals surface area contributed by atoms with Gasteiger partial charge >= 0.3 is 0 Å². The molecule has 1 aliphatic rings. The van der Waals surface area contributed by atoms with E-state index in [1.807, 2.05) is 7.05 Å². The number of hydrogen-bond donors (Lipinski definition) is 1. The van der Waals surface area contributed by atoms with Gasteiger partial charge in [-0.05, 0) is 47.8 Å². The van der Waals surface area contributed by atoms with Gasteiger partial charge < -0.3 is 5.32 Å². The van der Waals surface area contributed by atoms with E-state index in [4.69, 9.17) is 0 Å². The van der Waals surface area contributed by atoms with Crippen LogP contribution in [-0.2, 0) is 16.6 Å². The third-order valence-electron chi connectivity index (χ3n) is 3.99. The van der Waals surface area contributed by atoms with Crippen LogP contribution in [-0.4, -0.2) is 33.4 Å². The monoisotopic (exact) mass is 394 g/mol. The van der Waals surface area contributed by atoms with Gasteiger partial charge in [0.1, 0.15) is 4.90 Å². The summed E-state index contributed by atoms with van der Waals surface area (Å²) in [5, 5.41) is 3.05. The molecule has 0 aromatic carbocycles. The molecule has 0 spiro atoms. The highest BCUT2D eigenvalue weighted by Gasteiger charge is 2.28. The van der Waals surface area contributed by atoms with Crippen LogP contribution in [0.1, 0.15) is 37.0 Å². The summed E-state index contributed by atoms with van der Waals surface area (Å²) in [5.41, 5.74) is 0. The van der Waals surface area contributed by atoms with E-state index in [1.54, 1.807) is 13.1 Å². The van der Waals surface area contributed by atoms with E-state index in [0.717, 1.165) is 17.7 Å². The van der Waals surface area contributed by atoms with Crippen molar-refractivity contribution in [3.63, 3.8) is 0 Å². The van der Waals surface area contributed by atoms with Crippen LogP contribution in [0.5, 0.6) is 0 Å². The summed E-state index contributed by atoms with van der Waals surface area (Å²) in [7, 11) is 0.161. The Morgan fingerprint density at radius 2 is 2.05 bits per heavy atom. The van der Waals surface area contributed by atoms with Crippen LogP contribution in [0.25, 0.3) is 0 Å². The molecule has 7 heteroatoms. The Morgan fingerprint density at radius 1 is 1.38 bits per heavy atom. The summed E-state index contributed by atoms with van der Waals surface area (Å²) in [6, 6.07) is 1.78. The first-order valence-corrected chi connectivity index (χ1v) is 10.4. The lowest BCUT2D eigenvalue weighted by molar-refractivity contribution is 0.300. The molecule has 2 rings (SSSR count). The average Bonchev–Trinajstić information content (AvgIpc) is 2.82. The normalized spacial score (nSPS) is 17.5. The molecule has 0 atom stereocenters. The van der Waals surface area contributed by atoms with Gasteiger partial charge in [-0.25, -0.2) is 12.7 Å². The number of hydrogen-bond acceptors (Lipinski definition) is 4. The summed E-state index contributed by atoms with van der Waals surface area (Å²) >= 11 is 4.88. The first kappa shape index (κ1) is 17.4. The number of halogens is 1. The van der Waals surface area contributed by atoms with Gasteiger partial charge in [0.2, 0.25) is 10.0 Å². The molecule has 21 heavy (non-hydrogen) atoms. The van der Waals surface area contributed by atoms with Crippen LogP contribution in [0.4, 0.5) is 0 Å². The quantitative estimate of drug-likeness (QED) is 0.803. The molecule has 1 aliphatic carbocycles. The number of nitrogens with one attached hydrogen (secondary N) is 1. The van der Waals surface area contributed by atoms with E-state index in [9.17, 15) is 8.42 Å². The molecule has 0 saturated heterocycles. The minimum atomic E-state index is -3.40. The molecule has 4 nitrogen and oxygen atoms in total. The molecule has 1 saturated carbocycles. The molecule has 0 bridgehead atoms. The van der Waals surface area contributed by atoms with E-state index in [0.29, 0.717) is 27.7 Å². The van der Waals surface area contributed by atoms with E-state index in [2.05, 4.69) is 21.2 Å². The molecule has 120 valence electrons. The number of sulfonamides is 1. The Morgan fingerprint density at radius 3 is 2.67 bits per heavy atom. The molecule has 0 aliphatic heterocycles. The fourth-order valence-electron chi connectivity index (χ4n) is 2.83. The van der Waals surface area contributed by atoms with Gasteiger partial charge in [0.25, 0.3) is 0 Å². The van der Waals surface area contributed by atoms with Crippen molar-refractivity contribution < 1.29 is 8.42 Å². The number of thiophene rings is 1. The van der Waals surface area contributed by atoms with E-state index in [-0.39, 0.29) is 0 Å². The third kappa shape index (κ3) is 4.28. The molecular formula is C14H23BrN2O2S2. The highest BCUT2D eigenvalue weighted by molar-refractivity contribution is 9.11. The molecule has 1 fully saturated rings. The molecule has 1 aromatic rings. The topological polar surface area (TPSA) is 49.4 Å². The van der Waals surface area contributed by atoms with Gasteiger partial charge in [0.05, 0.1) is 3.79 Å². The molecule has 0 radical (unpaired) electrons. The predicted molar refractivity (Wildman–Crippen MR) is 91.2 cm³/mol. The van der Waals surface area contributed by atoms with E-state index in [1.165, 1.54) is 34.9 Å². The van der Waals surface area contributed by atoms with Crippen molar-refractivity contribution in [1.82, 2.24) is 9.62 Å². The molecule has 0 unspecified atom stereocenters. The SMILES string of the molecule is CNCc1cc(S(=O)(=O)N(C)CC2CCCCC2)c(Br)s1. The molecule has 1 heterocycles. The van der Waals surface area contributed by atoms with Crippen LogP contribution >= 0.6 is 27.3 Å². The van der Waals surface area contributed by atoms with Crippen LogP contribution < -0.4 is 5.32 Å². The van der Waals surface area contributed by atoms with Crippen molar-refractivity contribution in [1.29, 1.82) is 0 Å². The van der Waals surface area contributed by atoms with E-state index < -0.39 is 10.0 Å². The van der Waals surface area contributed by atoms with Gasteiger partial charge in [0, 0.05) is 25.0 Å². The standard InChI is InChI=1S/C14H23BrN2O2S2/c1-16-9-12-8-13(14(15)20-12)21(18,19)17(2)10-11-6-4-3-5-7-11/h8,11,16H,3-7,9-10H2,1-2H3. The molecular weight excluding hydrogens is 372 g/mol. The highest BCUT2D eigenvalue weighted by Crippen LogP contribution is 2.34. The van der Waals surface area contributed by atoms with Gasteiger partial charge in [-0.3, -0.25) is 0 Å². The van der Waals surface area contributed by atoms with Gasteiger partial charge in [-0.1, -0.05) is 19.3 Å². The highest BCUT2D eigenvalue weighted by atomic mass is 79.9. The van der Waals surface area contributed by atoms with Gasteiger partial charge in [0.15, 0.2) is 0 Å². The van der Waals surface area contributed by atoms with E-state index >= 15 is 0 Å². The fourth-order valence-corrected chi connectivity index (χ4v) is 6.72. The summed E-state index contributed by atoms with van der Waals surface area (Å²) in [6.07, 6.45) is 6.04. The maximum Gasteiger partial charge on any atom is 0.244 e. The summed E-state index contributed by atoms with van der Waals surface area (Å²) in [6.45, 7) is 1.32. The Bertz CT molecular complexity index is 566. The first-order chi connectivity index (χ1) is 9.95. The van der Waals surface area contributed by atoms with Gasteiger partial charge in [-0.15, -0.1) is 11.3 Å². The van der Waals surface area contributed by atoms with Crippen LogP contribution in [0.2, 0.25) is 0 Å². The minimum Gasteiger partial charge on any atom is -0.315 e. The van der Waals surface area contributed by atoms with Crippen molar-refractivity contribution in [2.24, 2.45) is 5.92 Å². The third-order valence-corrected chi connectivity index (χ3v) is 8.06. The van der Waals surface area contributed by atoms with Gasteiger partial charge in [-0.2, -0.15) is 0 Å². The van der Waals surface area contributed by atoms with Crippen LogP contribution in [0, 0.1) is 5.92 Å². The fraction of sp³-hybridized carbons (Fsp3) is 0.714. The maximum atomic E-state index is 12.7. The maximum absolute atomic E-state index is 12.7.